The molecule has 0 aliphatic heterocycles. The second-order valence-corrected chi connectivity index (χ2v) is 8.70. The fourth-order valence-corrected chi connectivity index (χ4v) is 4.68. The van der Waals surface area contributed by atoms with Crippen LogP contribution in [0, 0.1) is 16.2 Å². The first-order chi connectivity index (χ1) is 8.26. The molecule has 0 heterocycles. The molecular formula is C17H33N. The Labute approximate surface area is 114 Å². The van der Waals surface area contributed by atoms with Gasteiger partial charge in [-0.05, 0) is 54.8 Å². The standard InChI is InChI=1S/C17H33N/c1-6-17(8-7-9-17)13-18-14-10-15(2,3)12-16(4,5)11-14/h14,18H,6-13H2,1-5H3. The fourth-order valence-electron chi connectivity index (χ4n) is 4.68. The van der Waals surface area contributed by atoms with Gasteiger partial charge in [-0.3, -0.25) is 0 Å². The molecule has 2 fully saturated rings. The van der Waals surface area contributed by atoms with E-state index in [9.17, 15) is 0 Å². The lowest BCUT2D eigenvalue weighted by molar-refractivity contribution is 0.0636. The van der Waals surface area contributed by atoms with Crippen LogP contribution in [-0.2, 0) is 0 Å². The highest BCUT2D eigenvalue weighted by molar-refractivity contribution is 4.95. The molecule has 0 bridgehead atoms. The second kappa shape index (κ2) is 4.81. The molecule has 2 aliphatic carbocycles. The van der Waals surface area contributed by atoms with Crippen molar-refractivity contribution in [2.75, 3.05) is 6.54 Å². The van der Waals surface area contributed by atoms with Crippen LogP contribution in [0.5, 0.6) is 0 Å². The molecule has 0 spiro atoms. The van der Waals surface area contributed by atoms with Crippen LogP contribution in [-0.4, -0.2) is 12.6 Å². The van der Waals surface area contributed by atoms with E-state index < -0.39 is 0 Å². The molecule has 0 saturated heterocycles. The van der Waals surface area contributed by atoms with Gasteiger partial charge in [0.2, 0.25) is 0 Å². The lowest BCUT2D eigenvalue weighted by Crippen LogP contribution is -2.48. The van der Waals surface area contributed by atoms with Crippen molar-refractivity contribution in [3.05, 3.63) is 0 Å². The molecule has 2 aliphatic rings. The molecule has 0 aromatic rings. The predicted molar refractivity (Wildman–Crippen MR) is 79.8 cm³/mol. The van der Waals surface area contributed by atoms with E-state index in [1.54, 1.807) is 0 Å². The maximum Gasteiger partial charge on any atom is 0.00774 e. The summed E-state index contributed by atoms with van der Waals surface area (Å²) in [5.41, 5.74) is 1.68. The van der Waals surface area contributed by atoms with Crippen LogP contribution in [0.3, 0.4) is 0 Å². The van der Waals surface area contributed by atoms with E-state index in [2.05, 4.69) is 39.9 Å². The lowest BCUT2D eigenvalue weighted by Gasteiger charge is -2.48. The monoisotopic (exact) mass is 251 g/mol. The van der Waals surface area contributed by atoms with E-state index in [0.29, 0.717) is 16.2 Å². The van der Waals surface area contributed by atoms with Gasteiger partial charge in [-0.25, -0.2) is 0 Å². The summed E-state index contributed by atoms with van der Waals surface area (Å²) in [7, 11) is 0. The third-order valence-electron chi connectivity index (χ3n) is 5.49. The molecule has 0 atom stereocenters. The normalized spacial score (nSPS) is 29.8. The third-order valence-corrected chi connectivity index (χ3v) is 5.49. The highest BCUT2D eigenvalue weighted by atomic mass is 14.9. The molecule has 2 rings (SSSR count). The van der Waals surface area contributed by atoms with Gasteiger partial charge in [0.05, 0.1) is 0 Å². The number of rotatable bonds is 4. The van der Waals surface area contributed by atoms with E-state index in [4.69, 9.17) is 0 Å². The Balaban J connectivity index is 1.89. The topological polar surface area (TPSA) is 12.0 Å². The number of nitrogens with one attached hydrogen (secondary N) is 1. The summed E-state index contributed by atoms with van der Waals surface area (Å²) in [4.78, 5) is 0. The van der Waals surface area contributed by atoms with Crippen molar-refractivity contribution in [3.8, 4) is 0 Å². The SMILES string of the molecule is CCC1(CNC2CC(C)(C)CC(C)(C)C2)CCC1. The zero-order valence-corrected chi connectivity index (χ0v) is 13.2. The minimum absolute atomic E-state index is 0.512. The summed E-state index contributed by atoms with van der Waals surface area (Å²) in [6, 6.07) is 0.743. The van der Waals surface area contributed by atoms with Crippen molar-refractivity contribution >= 4 is 0 Å². The van der Waals surface area contributed by atoms with Gasteiger partial charge in [0.25, 0.3) is 0 Å². The summed E-state index contributed by atoms with van der Waals surface area (Å²) in [6.07, 6.45) is 9.81. The van der Waals surface area contributed by atoms with Gasteiger partial charge in [-0.15, -0.1) is 0 Å². The number of hydrogen-bond acceptors (Lipinski definition) is 1. The Bertz CT molecular complexity index is 264. The first kappa shape index (κ1) is 14.4. The average molecular weight is 251 g/mol. The van der Waals surface area contributed by atoms with E-state index in [1.165, 1.54) is 51.5 Å². The average Bonchev–Trinajstić information content (AvgIpc) is 2.11. The molecule has 0 radical (unpaired) electrons. The molecule has 0 amide bonds. The molecule has 106 valence electrons. The maximum absolute atomic E-state index is 3.93. The summed E-state index contributed by atoms with van der Waals surface area (Å²) in [6.45, 7) is 13.4. The molecule has 0 aromatic heterocycles. The van der Waals surface area contributed by atoms with Crippen molar-refractivity contribution in [1.82, 2.24) is 5.32 Å². The first-order valence-electron chi connectivity index (χ1n) is 7.99. The van der Waals surface area contributed by atoms with Crippen LogP contribution in [0.25, 0.3) is 0 Å². The van der Waals surface area contributed by atoms with E-state index in [0.717, 1.165) is 6.04 Å². The maximum atomic E-state index is 3.93. The summed E-state index contributed by atoms with van der Waals surface area (Å²) < 4.78 is 0. The Morgan fingerprint density at radius 3 is 1.94 bits per heavy atom. The Morgan fingerprint density at radius 2 is 1.56 bits per heavy atom. The Morgan fingerprint density at radius 1 is 1.00 bits per heavy atom. The molecule has 1 nitrogen and oxygen atoms in total. The quantitative estimate of drug-likeness (QED) is 0.759. The van der Waals surface area contributed by atoms with Crippen molar-refractivity contribution in [2.24, 2.45) is 16.2 Å². The lowest BCUT2D eigenvalue weighted by atomic mass is 9.63. The molecule has 0 aromatic carbocycles. The smallest absolute Gasteiger partial charge is 0.00774 e. The number of hydrogen-bond donors (Lipinski definition) is 1. The molecule has 0 unspecified atom stereocenters. The van der Waals surface area contributed by atoms with Gasteiger partial charge < -0.3 is 5.32 Å². The van der Waals surface area contributed by atoms with Crippen molar-refractivity contribution in [1.29, 1.82) is 0 Å². The van der Waals surface area contributed by atoms with Crippen molar-refractivity contribution in [2.45, 2.75) is 85.6 Å². The van der Waals surface area contributed by atoms with Crippen LogP contribution < -0.4 is 5.32 Å². The van der Waals surface area contributed by atoms with Crippen molar-refractivity contribution in [3.63, 3.8) is 0 Å². The minimum atomic E-state index is 0.512. The van der Waals surface area contributed by atoms with Gasteiger partial charge in [-0.2, -0.15) is 0 Å². The van der Waals surface area contributed by atoms with Crippen LogP contribution in [0.15, 0.2) is 0 Å². The van der Waals surface area contributed by atoms with Gasteiger partial charge in [0, 0.05) is 12.6 Å². The van der Waals surface area contributed by atoms with Crippen LogP contribution in [0.1, 0.15) is 79.6 Å². The predicted octanol–water partition coefficient (Wildman–Crippen LogP) is 4.76. The molecule has 1 heteroatoms. The minimum Gasteiger partial charge on any atom is -0.313 e. The Kier molecular flexibility index (Phi) is 3.84. The van der Waals surface area contributed by atoms with Gasteiger partial charge in [0.15, 0.2) is 0 Å². The summed E-state index contributed by atoms with van der Waals surface area (Å²) in [5, 5.41) is 3.93. The highest BCUT2D eigenvalue weighted by Crippen LogP contribution is 2.47. The van der Waals surface area contributed by atoms with Crippen LogP contribution in [0.2, 0.25) is 0 Å². The zero-order chi connectivity index (χ0) is 13.4. The Hall–Kier alpha value is -0.0400. The van der Waals surface area contributed by atoms with Gasteiger partial charge >= 0.3 is 0 Å². The summed E-state index contributed by atoms with van der Waals surface area (Å²) >= 11 is 0. The van der Waals surface area contributed by atoms with Crippen LogP contribution >= 0.6 is 0 Å². The molecular weight excluding hydrogens is 218 g/mol. The van der Waals surface area contributed by atoms with E-state index >= 15 is 0 Å². The zero-order valence-electron chi connectivity index (χ0n) is 13.2. The van der Waals surface area contributed by atoms with E-state index in [1.807, 2.05) is 0 Å². The second-order valence-electron chi connectivity index (χ2n) is 8.70. The van der Waals surface area contributed by atoms with Crippen LogP contribution in [0.4, 0.5) is 0 Å². The van der Waals surface area contributed by atoms with E-state index in [-0.39, 0.29) is 0 Å². The van der Waals surface area contributed by atoms with Crippen molar-refractivity contribution < 1.29 is 0 Å². The fraction of sp³-hybridized carbons (Fsp3) is 1.00. The molecule has 1 N–H and O–H groups in total. The molecule has 2 saturated carbocycles. The highest BCUT2D eigenvalue weighted by Gasteiger charge is 2.40. The van der Waals surface area contributed by atoms with Gasteiger partial charge in [0.1, 0.15) is 0 Å². The largest absolute Gasteiger partial charge is 0.313 e. The summed E-state index contributed by atoms with van der Waals surface area (Å²) in [5.74, 6) is 0. The van der Waals surface area contributed by atoms with Gasteiger partial charge in [-0.1, -0.05) is 41.0 Å². The first-order valence-corrected chi connectivity index (χ1v) is 7.99. The molecule has 18 heavy (non-hydrogen) atoms. The third kappa shape index (κ3) is 3.29.